The Balaban J connectivity index is 1.54. The van der Waals surface area contributed by atoms with Gasteiger partial charge in [-0.15, -0.1) is 0 Å². The molecular weight excluding hydrogens is 385 g/mol. The van der Waals surface area contributed by atoms with Gasteiger partial charge in [0.05, 0.1) is 23.3 Å². The number of nitrogens with one attached hydrogen (secondary N) is 2. The number of hydrazine groups is 1. The predicted octanol–water partition coefficient (Wildman–Crippen LogP) is 3.78. The number of ether oxygens (including phenoxy) is 1. The summed E-state index contributed by atoms with van der Waals surface area (Å²) >= 11 is 11.9. The maximum absolute atomic E-state index is 12.3. The summed E-state index contributed by atoms with van der Waals surface area (Å²) in [5.41, 5.74) is 6.00. The molecule has 1 heterocycles. The minimum Gasteiger partial charge on any atom is -0.379 e. The van der Waals surface area contributed by atoms with Gasteiger partial charge in [0.25, 0.3) is 5.91 Å². The molecule has 0 aromatic heterocycles. The molecule has 2 aromatic carbocycles. The second-order valence-corrected chi connectivity index (χ2v) is 7.26. The smallest absolute Gasteiger partial charge is 0.265 e. The van der Waals surface area contributed by atoms with Crippen LogP contribution in [0.4, 0.5) is 0 Å². The highest BCUT2D eigenvalue weighted by molar-refractivity contribution is 6.42. The van der Waals surface area contributed by atoms with E-state index in [-0.39, 0.29) is 5.91 Å². The fourth-order valence-electron chi connectivity index (χ4n) is 2.86. The molecule has 5 nitrogen and oxygen atoms in total. The highest BCUT2D eigenvalue weighted by atomic mass is 35.5. The molecule has 0 atom stereocenters. The SMILES string of the molecule is N=C(Cc1ccc(C(=O)NN2CCOCC2)cc1)Cc1ccc(Cl)c(Cl)c1. The van der Waals surface area contributed by atoms with Crippen LogP contribution in [0.1, 0.15) is 21.5 Å². The minimum atomic E-state index is -0.130. The molecule has 0 radical (unpaired) electrons. The summed E-state index contributed by atoms with van der Waals surface area (Å²) < 4.78 is 5.27. The largest absolute Gasteiger partial charge is 0.379 e. The van der Waals surface area contributed by atoms with Crippen LogP contribution in [-0.2, 0) is 17.6 Å². The van der Waals surface area contributed by atoms with Crippen LogP contribution >= 0.6 is 23.2 Å². The van der Waals surface area contributed by atoms with Gasteiger partial charge in [-0.05, 0) is 35.4 Å². The summed E-state index contributed by atoms with van der Waals surface area (Å²) in [6.45, 7) is 2.63. The molecule has 0 saturated carbocycles. The van der Waals surface area contributed by atoms with Crippen molar-refractivity contribution in [3.63, 3.8) is 0 Å². The van der Waals surface area contributed by atoms with E-state index in [1.807, 2.05) is 23.2 Å². The van der Waals surface area contributed by atoms with E-state index < -0.39 is 0 Å². The number of hydrogen-bond donors (Lipinski definition) is 2. The fraction of sp³-hybridized carbons (Fsp3) is 0.300. The Morgan fingerprint density at radius 1 is 1.00 bits per heavy atom. The van der Waals surface area contributed by atoms with Crippen molar-refractivity contribution >= 4 is 34.8 Å². The molecule has 7 heteroatoms. The van der Waals surface area contributed by atoms with Gasteiger partial charge in [0, 0.05) is 37.2 Å². The van der Waals surface area contributed by atoms with Gasteiger partial charge in [-0.3, -0.25) is 10.2 Å². The van der Waals surface area contributed by atoms with E-state index in [1.165, 1.54) is 0 Å². The van der Waals surface area contributed by atoms with Crippen molar-refractivity contribution in [2.45, 2.75) is 12.8 Å². The summed E-state index contributed by atoms with van der Waals surface area (Å²) in [6, 6.07) is 12.8. The number of carbonyl (C=O) groups is 1. The lowest BCUT2D eigenvalue weighted by Crippen LogP contribution is -2.48. The summed E-state index contributed by atoms with van der Waals surface area (Å²) in [5.74, 6) is -0.130. The first kappa shape index (κ1) is 19.8. The van der Waals surface area contributed by atoms with E-state index in [0.717, 1.165) is 11.1 Å². The number of benzene rings is 2. The van der Waals surface area contributed by atoms with Gasteiger partial charge >= 0.3 is 0 Å². The predicted molar refractivity (Wildman–Crippen MR) is 108 cm³/mol. The molecule has 2 N–H and O–H groups in total. The normalized spacial score (nSPS) is 14.7. The Morgan fingerprint density at radius 3 is 2.30 bits per heavy atom. The van der Waals surface area contributed by atoms with Crippen molar-refractivity contribution in [3.8, 4) is 0 Å². The van der Waals surface area contributed by atoms with Gasteiger partial charge in [-0.1, -0.05) is 41.4 Å². The van der Waals surface area contributed by atoms with Crippen molar-refractivity contribution in [3.05, 3.63) is 69.2 Å². The molecule has 27 heavy (non-hydrogen) atoms. The van der Waals surface area contributed by atoms with Crippen LogP contribution in [0.5, 0.6) is 0 Å². The number of rotatable bonds is 6. The van der Waals surface area contributed by atoms with Crippen LogP contribution in [0.2, 0.25) is 10.0 Å². The van der Waals surface area contributed by atoms with Crippen LogP contribution in [0.25, 0.3) is 0 Å². The summed E-state index contributed by atoms with van der Waals surface area (Å²) in [6.07, 6.45) is 1.03. The number of nitrogens with zero attached hydrogens (tertiary/aromatic N) is 1. The lowest BCUT2D eigenvalue weighted by Gasteiger charge is -2.26. The number of carbonyl (C=O) groups excluding carboxylic acids is 1. The lowest BCUT2D eigenvalue weighted by molar-refractivity contribution is 0.0126. The molecule has 0 unspecified atom stereocenters. The molecule has 1 fully saturated rings. The van der Waals surface area contributed by atoms with E-state index in [9.17, 15) is 4.79 Å². The number of morpholine rings is 1. The van der Waals surface area contributed by atoms with Crippen molar-refractivity contribution in [1.29, 1.82) is 5.41 Å². The molecule has 1 aliphatic rings. The van der Waals surface area contributed by atoms with Crippen molar-refractivity contribution in [1.82, 2.24) is 10.4 Å². The highest BCUT2D eigenvalue weighted by Gasteiger charge is 2.14. The van der Waals surface area contributed by atoms with Crippen LogP contribution in [0.3, 0.4) is 0 Å². The topological polar surface area (TPSA) is 65.4 Å². The average Bonchev–Trinajstić information content (AvgIpc) is 2.66. The van der Waals surface area contributed by atoms with Crippen molar-refractivity contribution in [2.75, 3.05) is 26.3 Å². The Kier molecular flexibility index (Phi) is 6.85. The van der Waals surface area contributed by atoms with E-state index in [2.05, 4.69) is 5.43 Å². The first-order valence-electron chi connectivity index (χ1n) is 8.74. The number of amides is 1. The van der Waals surface area contributed by atoms with Crippen molar-refractivity contribution in [2.24, 2.45) is 0 Å². The van der Waals surface area contributed by atoms with Gasteiger partial charge in [0.15, 0.2) is 0 Å². The second-order valence-electron chi connectivity index (χ2n) is 6.44. The maximum Gasteiger partial charge on any atom is 0.265 e. The van der Waals surface area contributed by atoms with Gasteiger partial charge in [-0.25, -0.2) is 5.01 Å². The van der Waals surface area contributed by atoms with Crippen molar-refractivity contribution < 1.29 is 9.53 Å². The number of halogens is 2. The summed E-state index contributed by atoms with van der Waals surface area (Å²) in [7, 11) is 0. The maximum atomic E-state index is 12.3. The van der Waals surface area contributed by atoms with Crippen LogP contribution in [0.15, 0.2) is 42.5 Å². The number of hydrogen-bond acceptors (Lipinski definition) is 4. The van der Waals surface area contributed by atoms with Crippen LogP contribution in [0, 0.1) is 5.41 Å². The first-order chi connectivity index (χ1) is 13.0. The third-order valence-electron chi connectivity index (χ3n) is 4.31. The summed E-state index contributed by atoms with van der Waals surface area (Å²) in [4.78, 5) is 12.3. The second kappa shape index (κ2) is 9.33. The molecular formula is C20H21Cl2N3O2. The Hall–Kier alpha value is -1.92. The Labute approximate surface area is 168 Å². The molecule has 0 bridgehead atoms. The molecule has 1 saturated heterocycles. The third kappa shape index (κ3) is 5.78. The first-order valence-corrected chi connectivity index (χ1v) is 9.50. The zero-order valence-corrected chi connectivity index (χ0v) is 16.3. The third-order valence-corrected chi connectivity index (χ3v) is 5.04. The van der Waals surface area contributed by atoms with Crippen LogP contribution in [-0.4, -0.2) is 42.9 Å². The standard InChI is InChI=1S/C20H21Cl2N3O2/c21-18-6-3-15(13-19(18)22)12-17(23)11-14-1-4-16(5-2-14)20(26)24-25-7-9-27-10-8-25/h1-6,13,23H,7-12H2,(H,24,26). The zero-order chi connectivity index (χ0) is 19.2. The van der Waals surface area contributed by atoms with E-state index in [1.54, 1.807) is 24.3 Å². The zero-order valence-electron chi connectivity index (χ0n) is 14.8. The molecule has 142 valence electrons. The van der Waals surface area contributed by atoms with E-state index in [0.29, 0.717) is 60.5 Å². The summed E-state index contributed by atoms with van der Waals surface area (Å²) in [5, 5.41) is 11.1. The molecule has 2 aromatic rings. The van der Waals surface area contributed by atoms with Gasteiger partial charge in [-0.2, -0.15) is 0 Å². The molecule has 0 spiro atoms. The minimum absolute atomic E-state index is 0.130. The molecule has 3 rings (SSSR count). The molecule has 1 aliphatic heterocycles. The fourth-order valence-corrected chi connectivity index (χ4v) is 3.18. The Bertz CT molecular complexity index is 818. The van der Waals surface area contributed by atoms with Gasteiger partial charge in [0.1, 0.15) is 0 Å². The van der Waals surface area contributed by atoms with Gasteiger partial charge in [0.2, 0.25) is 0 Å². The molecule has 0 aliphatic carbocycles. The van der Waals surface area contributed by atoms with E-state index in [4.69, 9.17) is 33.3 Å². The lowest BCUT2D eigenvalue weighted by atomic mass is 10.0. The van der Waals surface area contributed by atoms with Crippen LogP contribution < -0.4 is 5.43 Å². The van der Waals surface area contributed by atoms with Gasteiger partial charge < -0.3 is 10.1 Å². The average molecular weight is 406 g/mol. The Morgan fingerprint density at radius 2 is 1.63 bits per heavy atom. The molecule has 1 amide bonds. The monoisotopic (exact) mass is 405 g/mol. The van der Waals surface area contributed by atoms with E-state index >= 15 is 0 Å². The highest BCUT2D eigenvalue weighted by Crippen LogP contribution is 2.23. The quantitative estimate of drug-likeness (QED) is 0.718.